The summed E-state index contributed by atoms with van der Waals surface area (Å²) in [6.07, 6.45) is 1.76. The van der Waals surface area contributed by atoms with Crippen LogP contribution >= 0.6 is 0 Å². The van der Waals surface area contributed by atoms with E-state index in [0.717, 1.165) is 5.56 Å². The van der Waals surface area contributed by atoms with E-state index in [4.69, 9.17) is 0 Å². The number of nitrogens with one attached hydrogen (secondary N) is 1. The van der Waals surface area contributed by atoms with E-state index >= 15 is 0 Å². The van der Waals surface area contributed by atoms with E-state index in [1.807, 2.05) is 37.3 Å². The van der Waals surface area contributed by atoms with Gasteiger partial charge in [-0.1, -0.05) is 43.0 Å². The number of hydrogen-bond acceptors (Lipinski definition) is 1. The second kappa shape index (κ2) is 4.23. The van der Waals surface area contributed by atoms with Crippen molar-refractivity contribution < 1.29 is 0 Å². The normalized spacial score (nSPS) is 11.9. The third-order valence-electron chi connectivity index (χ3n) is 2.55. The molecule has 0 spiro atoms. The van der Waals surface area contributed by atoms with Gasteiger partial charge < -0.3 is 4.98 Å². The summed E-state index contributed by atoms with van der Waals surface area (Å²) in [7, 11) is 0. The highest BCUT2D eigenvalue weighted by atomic mass is 16.1. The van der Waals surface area contributed by atoms with Crippen LogP contribution in [0.15, 0.2) is 35.1 Å². The quantitative estimate of drug-likeness (QED) is 0.773. The molecule has 1 heterocycles. The van der Waals surface area contributed by atoms with Crippen molar-refractivity contribution in [2.45, 2.75) is 13.5 Å². The number of aromatic nitrogens is 2. The van der Waals surface area contributed by atoms with Crippen LogP contribution in [0, 0.1) is 0 Å². The molecule has 0 unspecified atom stereocenters. The number of hydrogen-bond donors (Lipinski definition) is 1. The Morgan fingerprint density at radius 1 is 1.38 bits per heavy atom. The minimum atomic E-state index is -0.0173. The van der Waals surface area contributed by atoms with Crippen LogP contribution < -0.4 is 16.4 Å². The molecular weight excluding hydrogens is 200 g/mol. The number of benzene rings is 1. The van der Waals surface area contributed by atoms with Crippen molar-refractivity contribution in [2.75, 3.05) is 0 Å². The summed E-state index contributed by atoms with van der Waals surface area (Å²) in [6.45, 7) is 6.22. The third kappa shape index (κ3) is 1.84. The highest BCUT2D eigenvalue weighted by Crippen LogP contribution is 1.97. The average molecular weight is 214 g/mol. The second-order valence-corrected chi connectivity index (χ2v) is 3.65. The molecule has 1 N–H and O–H groups in total. The van der Waals surface area contributed by atoms with E-state index in [-0.39, 0.29) is 5.56 Å². The summed E-state index contributed by atoms with van der Waals surface area (Å²) >= 11 is 0. The Labute approximate surface area is 93.4 Å². The number of imidazole rings is 1. The lowest BCUT2D eigenvalue weighted by Crippen LogP contribution is -2.31. The highest BCUT2D eigenvalue weighted by Gasteiger charge is 2.01. The Balaban J connectivity index is 2.48. The molecule has 2 aromatic rings. The van der Waals surface area contributed by atoms with Crippen LogP contribution in [0.4, 0.5) is 0 Å². The Kier molecular flexibility index (Phi) is 2.77. The van der Waals surface area contributed by atoms with Gasteiger partial charge in [0.2, 0.25) is 0 Å². The molecule has 16 heavy (non-hydrogen) atoms. The van der Waals surface area contributed by atoms with Crippen molar-refractivity contribution in [1.29, 1.82) is 0 Å². The summed E-state index contributed by atoms with van der Waals surface area (Å²) in [4.78, 5) is 14.9. The molecule has 0 amide bonds. The second-order valence-electron chi connectivity index (χ2n) is 3.65. The van der Waals surface area contributed by atoms with Crippen LogP contribution in [0.1, 0.15) is 12.5 Å². The van der Waals surface area contributed by atoms with Gasteiger partial charge in [-0.15, -0.1) is 0 Å². The maximum atomic E-state index is 11.9. The summed E-state index contributed by atoms with van der Waals surface area (Å²) in [6, 6.07) is 9.87. The molecule has 0 radical (unpaired) electrons. The maximum absolute atomic E-state index is 11.9. The van der Waals surface area contributed by atoms with Crippen LogP contribution in [-0.2, 0) is 6.54 Å². The molecule has 0 aliphatic rings. The summed E-state index contributed by atoms with van der Waals surface area (Å²) in [5.74, 6) is 0. The van der Waals surface area contributed by atoms with Crippen molar-refractivity contribution in [3.8, 4) is 0 Å². The van der Waals surface area contributed by atoms with Gasteiger partial charge in [0.1, 0.15) is 10.8 Å². The van der Waals surface area contributed by atoms with Crippen molar-refractivity contribution in [3.63, 3.8) is 0 Å². The predicted molar refractivity (Wildman–Crippen MR) is 65.5 cm³/mol. The van der Waals surface area contributed by atoms with Gasteiger partial charge in [0.05, 0.1) is 6.54 Å². The zero-order chi connectivity index (χ0) is 11.5. The molecule has 0 saturated heterocycles. The molecule has 0 aliphatic carbocycles. The van der Waals surface area contributed by atoms with Crippen LogP contribution in [-0.4, -0.2) is 9.55 Å². The Morgan fingerprint density at radius 3 is 2.62 bits per heavy atom. The number of H-pyrrole nitrogens is 1. The first-order valence-electron chi connectivity index (χ1n) is 5.20. The van der Waals surface area contributed by atoms with Crippen molar-refractivity contribution in [1.82, 2.24) is 9.55 Å². The fourth-order valence-electron chi connectivity index (χ4n) is 1.67. The van der Waals surface area contributed by atoms with Crippen LogP contribution in [0.25, 0.3) is 12.7 Å². The standard InChI is InChI=1S/C13H14N2O/c1-3-12-13(16)15(10(2)14-12)9-11-7-5-4-6-8-11/h3-8,14H,2,9H2,1H3/b12-3-. The van der Waals surface area contributed by atoms with Gasteiger partial charge in [-0.3, -0.25) is 9.36 Å². The Bertz CT molecular complexity index is 635. The predicted octanol–water partition coefficient (Wildman–Crippen LogP) is 0.435. The van der Waals surface area contributed by atoms with Crippen molar-refractivity contribution in [3.05, 3.63) is 57.1 Å². The highest BCUT2D eigenvalue weighted by molar-refractivity contribution is 5.17. The van der Waals surface area contributed by atoms with Crippen LogP contribution in [0.5, 0.6) is 0 Å². The largest absolute Gasteiger partial charge is 0.338 e. The molecule has 2 rings (SSSR count). The van der Waals surface area contributed by atoms with Gasteiger partial charge in [0.15, 0.2) is 0 Å². The van der Waals surface area contributed by atoms with Crippen molar-refractivity contribution >= 4 is 12.7 Å². The molecule has 0 atom stereocenters. The van der Waals surface area contributed by atoms with E-state index in [9.17, 15) is 4.79 Å². The van der Waals surface area contributed by atoms with Gasteiger partial charge >= 0.3 is 0 Å². The Hall–Kier alpha value is -2.03. The van der Waals surface area contributed by atoms with E-state index < -0.39 is 0 Å². The third-order valence-corrected chi connectivity index (χ3v) is 2.55. The van der Waals surface area contributed by atoms with Crippen molar-refractivity contribution in [2.24, 2.45) is 0 Å². The number of rotatable bonds is 2. The fourth-order valence-corrected chi connectivity index (χ4v) is 1.67. The molecule has 82 valence electrons. The SMILES string of the molecule is C=c1[nH]/c(=C\C)c(=O)n1Cc1ccccc1. The molecule has 0 aliphatic heterocycles. The van der Waals surface area contributed by atoms with E-state index in [1.54, 1.807) is 10.6 Å². The number of aromatic amines is 1. The fraction of sp³-hybridized carbons (Fsp3) is 0.154. The lowest BCUT2D eigenvalue weighted by atomic mass is 10.2. The first-order chi connectivity index (χ1) is 7.72. The molecule has 0 bridgehead atoms. The average Bonchev–Trinajstić information content (AvgIpc) is 2.58. The Morgan fingerprint density at radius 2 is 2.06 bits per heavy atom. The molecular formula is C13H14N2O. The molecule has 0 fully saturated rings. The minimum absolute atomic E-state index is 0.0173. The first-order valence-corrected chi connectivity index (χ1v) is 5.20. The van der Waals surface area contributed by atoms with Crippen LogP contribution in [0.3, 0.4) is 0 Å². The van der Waals surface area contributed by atoms with Crippen LogP contribution in [0.2, 0.25) is 0 Å². The van der Waals surface area contributed by atoms with E-state index in [2.05, 4.69) is 11.6 Å². The molecule has 1 aromatic heterocycles. The molecule has 1 aromatic carbocycles. The van der Waals surface area contributed by atoms with E-state index in [0.29, 0.717) is 17.4 Å². The zero-order valence-corrected chi connectivity index (χ0v) is 9.23. The molecule has 3 nitrogen and oxygen atoms in total. The summed E-state index contributed by atoms with van der Waals surface area (Å²) < 4.78 is 1.64. The van der Waals surface area contributed by atoms with Gasteiger partial charge in [-0.05, 0) is 12.5 Å². The zero-order valence-electron chi connectivity index (χ0n) is 9.23. The van der Waals surface area contributed by atoms with Gasteiger partial charge in [0, 0.05) is 0 Å². The minimum Gasteiger partial charge on any atom is -0.338 e. The van der Waals surface area contributed by atoms with Gasteiger partial charge in [0.25, 0.3) is 5.56 Å². The number of nitrogens with zero attached hydrogens (tertiary/aromatic N) is 1. The molecule has 3 heteroatoms. The summed E-state index contributed by atoms with van der Waals surface area (Å²) in [5.41, 5.74) is 1.72. The smallest absolute Gasteiger partial charge is 0.275 e. The monoisotopic (exact) mass is 214 g/mol. The first kappa shape index (κ1) is 10.5. The van der Waals surface area contributed by atoms with Gasteiger partial charge in [-0.2, -0.15) is 0 Å². The topological polar surface area (TPSA) is 37.8 Å². The molecule has 0 saturated carbocycles. The lowest BCUT2D eigenvalue weighted by Gasteiger charge is -2.01. The lowest BCUT2D eigenvalue weighted by molar-refractivity contribution is 0.743. The van der Waals surface area contributed by atoms with Gasteiger partial charge in [-0.25, -0.2) is 0 Å². The summed E-state index contributed by atoms with van der Waals surface area (Å²) in [5, 5.41) is 0.598. The maximum Gasteiger partial charge on any atom is 0.275 e. The van der Waals surface area contributed by atoms with E-state index in [1.165, 1.54) is 0 Å².